The van der Waals surface area contributed by atoms with Gasteiger partial charge in [-0.3, -0.25) is 9.58 Å². The highest BCUT2D eigenvalue weighted by atomic mass is 15.3. The molecule has 2 aromatic rings. The van der Waals surface area contributed by atoms with Gasteiger partial charge in [0, 0.05) is 43.8 Å². The first kappa shape index (κ1) is 16.8. The molecule has 4 rings (SSSR count). The fourth-order valence-corrected chi connectivity index (χ4v) is 4.66. The standard InChI is InChI=1S/C20H31N5/c1-2-8-19(9-3-1)25-17-21-15-20(25)16-23-12-5-4-7-18(23)10-14-24-13-6-11-22-24/h6,11,13,15,17-19H,1-5,7-10,12,14,16H2/t18-/m0/s1. The van der Waals surface area contributed by atoms with Crippen LogP contribution in [0.25, 0.3) is 0 Å². The summed E-state index contributed by atoms with van der Waals surface area (Å²) in [4.78, 5) is 7.19. The lowest BCUT2D eigenvalue weighted by atomic mass is 9.95. The molecule has 2 aromatic heterocycles. The van der Waals surface area contributed by atoms with Gasteiger partial charge in [0.15, 0.2) is 0 Å². The molecule has 1 saturated carbocycles. The summed E-state index contributed by atoms with van der Waals surface area (Å²) in [5.41, 5.74) is 1.41. The van der Waals surface area contributed by atoms with Gasteiger partial charge in [0.2, 0.25) is 0 Å². The fraction of sp³-hybridized carbons (Fsp3) is 0.700. The summed E-state index contributed by atoms with van der Waals surface area (Å²) in [6.07, 6.45) is 20.1. The highest BCUT2D eigenvalue weighted by Gasteiger charge is 2.25. The van der Waals surface area contributed by atoms with Crippen molar-refractivity contribution >= 4 is 0 Å². The van der Waals surface area contributed by atoms with Gasteiger partial charge >= 0.3 is 0 Å². The topological polar surface area (TPSA) is 38.9 Å². The van der Waals surface area contributed by atoms with Crippen LogP contribution in [0.2, 0.25) is 0 Å². The van der Waals surface area contributed by atoms with Crippen LogP contribution in [0.1, 0.15) is 69.5 Å². The van der Waals surface area contributed by atoms with Crippen molar-refractivity contribution in [2.24, 2.45) is 0 Å². The van der Waals surface area contributed by atoms with Gasteiger partial charge in [-0.25, -0.2) is 4.98 Å². The monoisotopic (exact) mass is 341 g/mol. The molecule has 5 nitrogen and oxygen atoms in total. The number of hydrogen-bond donors (Lipinski definition) is 0. The number of aromatic nitrogens is 4. The molecule has 0 aromatic carbocycles. The Hall–Kier alpha value is -1.62. The smallest absolute Gasteiger partial charge is 0.0951 e. The molecule has 3 heterocycles. The van der Waals surface area contributed by atoms with Crippen molar-refractivity contribution in [3.8, 4) is 0 Å². The second-order valence-electron chi connectivity index (χ2n) is 7.76. The minimum absolute atomic E-state index is 0.674. The van der Waals surface area contributed by atoms with Gasteiger partial charge in [-0.1, -0.05) is 25.7 Å². The maximum absolute atomic E-state index is 4.50. The predicted octanol–water partition coefficient (Wildman–Crippen LogP) is 4.03. The largest absolute Gasteiger partial charge is 0.330 e. The van der Waals surface area contributed by atoms with Crippen LogP contribution in [0.4, 0.5) is 0 Å². The highest BCUT2D eigenvalue weighted by molar-refractivity contribution is 5.02. The maximum atomic E-state index is 4.50. The normalized spacial score (nSPS) is 23.1. The van der Waals surface area contributed by atoms with Gasteiger partial charge in [0.25, 0.3) is 0 Å². The van der Waals surface area contributed by atoms with Crippen LogP contribution in [-0.4, -0.2) is 36.8 Å². The molecule has 0 bridgehead atoms. The number of nitrogens with zero attached hydrogens (tertiary/aromatic N) is 5. The number of hydrogen-bond acceptors (Lipinski definition) is 3. The first-order chi connectivity index (χ1) is 12.4. The van der Waals surface area contributed by atoms with E-state index in [2.05, 4.69) is 43.0 Å². The van der Waals surface area contributed by atoms with E-state index < -0.39 is 0 Å². The van der Waals surface area contributed by atoms with Gasteiger partial charge < -0.3 is 4.57 Å². The van der Waals surface area contributed by atoms with E-state index in [1.54, 1.807) is 0 Å². The zero-order valence-electron chi connectivity index (χ0n) is 15.3. The van der Waals surface area contributed by atoms with E-state index in [-0.39, 0.29) is 0 Å². The zero-order valence-corrected chi connectivity index (χ0v) is 15.3. The van der Waals surface area contributed by atoms with Gasteiger partial charge in [-0.15, -0.1) is 0 Å². The third-order valence-corrected chi connectivity index (χ3v) is 6.08. The summed E-state index contributed by atoms with van der Waals surface area (Å²) in [7, 11) is 0. The van der Waals surface area contributed by atoms with Crippen LogP contribution in [0, 0.1) is 0 Å². The van der Waals surface area contributed by atoms with E-state index in [1.807, 2.05) is 12.3 Å². The lowest BCUT2D eigenvalue weighted by Crippen LogP contribution is -2.40. The van der Waals surface area contributed by atoms with Crippen LogP contribution >= 0.6 is 0 Å². The molecule has 1 aliphatic carbocycles. The SMILES string of the molecule is c1cnn(CC[C@@H]2CCCCN2Cc2cncn2C2CCCCC2)c1. The molecule has 5 heteroatoms. The first-order valence-corrected chi connectivity index (χ1v) is 10.1. The molecule has 2 fully saturated rings. The van der Waals surface area contributed by atoms with E-state index in [9.17, 15) is 0 Å². The van der Waals surface area contributed by atoms with E-state index in [4.69, 9.17) is 0 Å². The van der Waals surface area contributed by atoms with Crippen molar-refractivity contribution in [3.05, 3.63) is 36.7 Å². The number of piperidine rings is 1. The Morgan fingerprint density at radius 3 is 2.76 bits per heavy atom. The van der Waals surface area contributed by atoms with Gasteiger partial charge in [-0.05, 0) is 44.7 Å². The number of aryl methyl sites for hydroxylation is 1. The van der Waals surface area contributed by atoms with Crippen molar-refractivity contribution in [1.29, 1.82) is 0 Å². The second kappa shape index (κ2) is 8.17. The Morgan fingerprint density at radius 1 is 1.04 bits per heavy atom. The molecular weight excluding hydrogens is 310 g/mol. The number of imidazole rings is 1. The summed E-state index contributed by atoms with van der Waals surface area (Å²) in [6.45, 7) is 3.30. The van der Waals surface area contributed by atoms with Gasteiger partial charge in [-0.2, -0.15) is 5.10 Å². The Labute approximate surface area is 151 Å². The third kappa shape index (κ3) is 4.14. The summed E-state index contributed by atoms with van der Waals surface area (Å²) < 4.78 is 4.55. The number of likely N-dealkylation sites (tertiary alicyclic amines) is 1. The fourth-order valence-electron chi connectivity index (χ4n) is 4.66. The molecule has 2 aliphatic rings. The van der Waals surface area contributed by atoms with Crippen LogP contribution < -0.4 is 0 Å². The van der Waals surface area contributed by atoms with Crippen molar-refractivity contribution in [3.63, 3.8) is 0 Å². The zero-order chi connectivity index (χ0) is 16.9. The van der Waals surface area contributed by atoms with Crippen molar-refractivity contribution < 1.29 is 0 Å². The van der Waals surface area contributed by atoms with Crippen LogP contribution in [0.3, 0.4) is 0 Å². The average Bonchev–Trinajstić information content (AvgIpc) is 3.33. The quantitative estimate of drug-likeness (QED) is 0.796. The molecule has 0 N–H and O–H groups in total. The number of rotatable bonds is 6. The summed E-state index contributed by atoms with van der Waals surface area (Å²) in [5.74, 6) is 0. The highest BCUT2D eigenvalue weighted by Crippen LogP contribution is 2.30. The lowest BCUT2D eigenvalue weighted by molar-refractivity contribution is 0.123. The molecule has 0 radical (unpaired) electrons. The molecule has 0 unspecified atom stereocenters. The summed E-state index contributed by atoms with van der Waals surface area (Å²) in [5, 5.41) is 4.36. The maximum Gasteiger partial charge on any atom is 0.0951 e. The molecule has 1 atom stereocenters. The molecular formula is C20H31N5. The van der Waals surface area contributed by atoms with Crippen molar-refractivity contribution in [2.75, 3.05) is 6.54 Å². The molecule has 0 amide bonds. The van der Waals surface area contributed by atoms with Crippen LogP contribution in [0.5, 0.6) is 0 Å². The summed E-state index contributed by atoms with van der Waals surface area (Å²) in [6, 6.07) is 3.37. The van der Waals surface area contributed by atoms with E-state index in [0.717, 1.165) is 13.1 Å². The van der Waals surface area contributed by atoms with Gasteiger partial charge in [0.05, 0.1) is 12.0 Å². The Morgan fingerprint density at radius 2 is 1.92 bits per heavy atom. The van der Waals surface area contributed by atoms with Crippen LogP contribution in [0.15, 0.2) is 31.0 Å². The molecule has 0 spiro atoms. The average molecular weight is 342 g/mol. The second-order valence-corrected chi connectivity index (χ2v) is 7.76. The molecule has 136 valence electrons. The minimum Gasteiger partial charge on any atom is -0.330 e. The predicted molar refractivity (Wildman–Crippen MR) is 99.2 cm³/mol. The van der Waals surface area contributed by atoms with Crippen molar-refractivity contribution in [2.45, 2.75) is 83.0 Å². The third-order valence-electron chi connectivity index (χ3n) is 6.08. The Kier molecular flexibility index (Phi) is 5.50. The van der Waals surface area contributed by atoms with E-state index >= 15 is 0 Å². The molecule has 25 heavy (non-hydrogen) atoms. The summed E-state index contributed by atoms with van der Waals surface area (Å²) >= 11 is 0. The van der Waals surface area contributed by atoms with E-state index in [1.165, 1.54) is 70.0 Å². The van der Waals surface area contributed by atoms with E-state index in [0.29, 0.717) is 12.1 Å². The van der Waals surface area contributed by atoms with Crippen molar-refractivity contribution in [1.82, 2.24) is 24.2 Å². The Bertz CT molecular complexity index is 626. The lowest BCUT2D eigenvalue weighted by Gasteiger charge is -2.36. The molecule has 1 aliphatic heterocycles. The molecule has 1 saturated heterocycles. The Balaban J connectivity index is 1.40. The van der Waals surface area contributed by atoms with Crippen LogP contribution in [-0.2, 0) is 13.1 Å². The minimum atomic E-state index is 0.674. The van der Waals surface area contributed by atoms with Gasteiger partial charge in [0.1, 0.15) is 0 Å². The first-order valence-electron chi connectivity index (χ1n) is 10.1.